The molecule has 0 spiro atoms. The van der Waals surface area contributed by atoms with Crippen molar-refractivity contribution in [1.82, 2.24) is 5.32 Å². The molecule has 8 heteroatoms. The molecule has 0 fully saturated rings. The van der Waals surface area contributed by atoms with Crippen molar-refractivity contribution < 1.29 is 19.5 Å². The number of nitrogens with one attached hydrogen (secondary N) is 3. The molecular formula is C16H18N4O4. The first-order valence-electron chi connectivity index (χ1n) is 7.03. The van der Waals surface area contributed by atoms with Gasteiger partial charge in [-0.05, 0) is 24.3 Å². The zero-order chi connectivity index (χ0) is 18.1. The van der Waals surface area contributed by atoms with Gasteiger partial charge < -0.3 is 21.5 Å². The number of carbonyl (C=O) groups is 3. The van der Waals surface area contributed by atoms with Crippen molar-refractivity contribution in [3.8, 4) is 12.3 Å². The Bertz CT molecular complexity index is 676. The number of benzene rings is 1. The number of hydrogen-bond acceptors (Lipinski definition) is 4. The molecule has 1 aromatic rings. The molecule has 6 N–H and O–H groups in total. The molecule has 2 amide bonds. The number of hydrogen-bond donors (Lipinski definition) is 5. The number of rotatable bonds is 8. The summed E-state index contributed by atoms with van der Waals surface area (Å²) in [6.45, 7) is 0. The molecule has 0 heterocycles. The first kappa shape index (κ1) is 18.7. The van der Waals surface area contributed by atoms with Gasteiger partial charge in [-0.25, -0.2) is 0 Å². The number of carboxylic acid groups (broad SMARTS) is 1. The minimum Gasteiger partial charge on any atom is -0.481 e. The van der Waals surface area contributed by atoms with Crippen LogP contribution in [0.25, 0.3) is 0 Å². The van der Waals surface area contributed by atoms with E-state index in [1.165, 1.54) is 0 Å². The summed E-state index contributed by atoms with van der Waals surface area (Å²) in [6.07, 6.45) is 4.56. The highest BCUT2D eigenvalue weighted by Crippen LogP contribution is 2.10. The van der Waals surface area contributed by atoms with Gasteiger partial charge in [-0.2, -0.15) is 0 Å². The normalized spacial score (nSPS) is 11.0. The van der Waals surface area contributed by atoms with E-state index in [0.29, 0.717) is 11.3 Å². The molecule has 0 aliphatic carbocycles. The molecule has 0 aromatic heterocycles. The van der Waals surface area contributed by atoms with Gasteiger partial charge >= 0.3 is 5.97 Å². The van der Waals surface area contributed by atoms with Crippen molar-refractivity contribution in [2.45, 2.75) is 25.3 Å². The van der Waals surface area contributed by atoms with E-state index in [4.69, 9.17) is 22.7 Å². The SMILES string of the molecule is C#C[C@@H](CC(=O)O)NC(=O)CCC(=O)Nc1ccc(C(=N)N)cc1. The Morgan fingerprint density at radius 2 is 1.79 bits per heavy atom. The Hall–Kier alpha value is -3.34. The van der Waals surface area contributed by atoms with Gasteiger partial charge in [-0.15, -0.1) is 6.42 Å². The van der Waals surface area contributed by atoms with Crippen LogP contribution in [0.4, 0.5) is 5.69 Å². The van der Waals surface area contributed by atoms with Crippen LogP contribution in [0.5, 0.6) is 0 Å². The van der Waals surface area contributed by atoms with Gasteiger partial charge in [0.25, 0.3) is 0 Å². The fourth-order valence-electron chi connectivity index (χ4n) is 1.78. The number of amides is 2. The van der Waals surface area contributed by atoms with Crippen molar-refractivity contribution in [3.05, 3.63) is 29.8 Å². The van der Waals surface area contributed by atoms with E-state index in [2.05, 4.69) is 16.6 Å². The van der Waals surface area contributed by atoms with E-state index < -0.39 is 17.9 Å². The second-order valence-electron chi connectivity index (χ2n) is 4.92. The van der Waals surface area contributed by atoms with Crippen LogP contribution >= 0.6 is 0 Å². The van der Waals surface area contributed by atoms with Crippen LogP contribution in [0.15, 0.2) is 24.3 Å². The molecule has 0 saturated carbocycles. The minimum absolute atomic E-state index is 0.0750. The first-order chi connectivity index (χ1) is 11.3. The van der Waals surface area contributed by atoms with Crippen molar-refractivity contribution in [2.24, 2.45) is 5.73 Å². The quantitative estimate of drug-likeness (QED) is 0.264. The number of terminal acetylenes is 1. The zero-order valence-electron chi connectivity index (χ0n) is 12.8. The Morgan fingerprint density at radius 1 is 1.21 bits per heavy atom. The highest BCUT2D eigenvalue weighted by Gasteiger charge is 2.14. The number of amidine groups is 1. The van der Waals surface area contributed by atoms with Gasteiger partial charge in [0.05, 0.1) is 6.42 Å². The minimum atomic E-state index is -1.12. The van der Waals surface area contributed by atoms with Crippen LogP contribution in [-0.2, 0) is 14.4 Å². The third kappa shape index (κ3) is 6.62. The molecule has 0 aliphatic heterocycles. The maximum atomic E-state index is 11.8. The number of nitrogen functional groups attached to an aromatic ring is 1. The summed E-state index contributed by atoms with van der Waals surface area (Å²) in [5, 5.41) is 20.9. The maximum Gasteiger partial charge on any atom is 0.306 e. The summed E-state index contributed by atoms with van der Waals surface area (Å²) in [7, 11) is 0. The molecule has 1 rings (SSSR count). The van der Waals surface area contributed by atoms with Crippen LogP contribution in [0.3, 0.4) is 0 Å². The van der Waals surface area contributed by atoms with E-state index in [9.17, 15) is 14.4 Å². The summed E-state index contributed by atoms with van der Waals surface area (Å²) in [6, 6.07) is 5.46. The van der Waals surface area contributed by atoms with E-state index in [1.54, 1.807) is 24.3 Å². The lowest BCUT2D eigenvalue weighted by atomic mass is 10.2. The highest BCUT2D eigenvalue weighted by molar-refractivity contribution is 5.96. The molecule has 1 atom stereocenters. The maximum absolute atomic E-state index is 11.8. The monoisotopic (exact) mass is 330 g/mol. The second kappa shape index (κ2) is 8.95. The van der Waals surface area contributed by atoms with Crippen LogP contribution in [0, 0.1) is 17.8 Å². The molecule has 0 aliphatic rings. The number of carboxylic acids is 1. The van der Waals surface area contributed by atoms with E-state index in [1.807, 2.05) is 0 Å². The number of aliphatic carboxylic acids is 1. The van der Waals surface area contributed by atoms with Crippen LogP contribution < -0.4 is 16.4 Å². The largest absolute Gasteiger partial charge is 0.481 e. The van der Waals surface area contributed by atoms with E-state index >= 15 is 0 Å². The van der Waals surface area contributed by atoms with Crippen molar-refractivity contribution in [1.29, 1.82) is 5.41 Å². The number of nitrogens with two attached hydrogens (primary N) is 1. The predicted molar refractivity (Wildman–Crippen MR) is 88.3 cm³/mol. The van der Waals surface area contributed by atoms with E-state index in [0.717, 1.165) is 0 Å². The highest BCUT2D eigenvalue weighted by atomic mass is 16.4. The van der Waals surface area contributed by atoms with Gasteiger partial charge in [-0.1, -0.05) is 5.92 Å². The lowest BCUT2D eigenvalue weighted by Crippen LogP contribution is -2.35. The zero-order valence-corrected chi connectivity index (χ0v) is 12.8. The summed E-state index contributed by atoms with van der Waals surface area (Å²) in [5.41, 5.74) is 6.37. The molecule has 0 unspecified atom stereocenters. The van der Waals surface area contributed by atoms with Gasteiger partial charge in [0.1, 0.15) is 11.9 Å². The smallest absolute Gasteiger partial charge is 0.306 e. The first-order valence-corrected chi connectivity index (χ1v) is 7.03. The number of anilines is 1. The van der Waals surface area contributed by atoms with Gasteiger partial charge in [0.2, 0.25) is 11.8 Å². The van der Waals surface area contributed by atoms with Gasteiger partial charge in [0.15, 0.2) is 0 Å². The Kier molecular flexibility index (Phi) is 6.97. The summed E-state index contributed by atoms with van der Waals surface area (Å²) >= 11 is 0. The topological polar surface area (TPSA) is 145 Å². The molecule has 1 aromatic carbocycles. The molecular weight excluding hydrogens is 312 g/mol. The molecule has 24 heavy (non-hydrogen) atoms. The fraction of sp³-hybridized carbons (Fsp3) is 0.250. The molecule has 0 radical (unpaired) electrons. The Morgan fingerprint density at radius 3 is 2.29 bits per heavy atom. The summed E-state index contributed by atoms with van der Waals surface area (Å²) < 4.78 is 0. The summed E-state index contributed by atoms with van der Waals surface area (Å²) in [5.74, 6) is 0.0926. The van der Waals surface area contributed by atoms with Gasteiger partial charge in [-0.3, -0.25) is 19.8 Å². The van der Waals surface area contributed by atoms with Crippen molar-refractivity contribution in [3.63, 3.8) is 0 Å². The Balaban J connectivity index is 2.42. The van der Waals surface area contributed by atoms with Crippen LogP contribution in [0.2, 0.25) is 0 Å². The predicted octanol–water partition coefficient (Wildman–Crippen LogP) is 0.282. The van der Waals surface area contributed by atoms with Crippen molar-refractivity contribution in [2.75, 3.05) is 5.32 Å². The van der Waals surface area contributed by atoms with Crippen LogP contribution in [-0.4, -0.2) is 34.8 Å². The molecule has 0 saturated heterocycles. The molecule has 8 nitrogen and oxygen atoms in total. The average molecular weight is 330 g/mol. The summed E-state index contributed by atoms with van der Waals surface area (Å²) in [4.78, 5) is 34.0. The molecule has 0 bridgehead atoms. The molecule has 126 valence electrons. The van der Waals surface area contributed by atoms with Crippen molar-refractivity contribution >= 4 is 29.3 Å². The fourth-order valence-corrected chi connectivity index (χ4v) is 1.78. The number of carbonyl (C=O) groups excluding carboxylic acids is 2. The van der Waals surface area contributed by atoms with Crippen LogP contribution in [0.1, 0.15) is 24.8 Å². The van der Waals surface area contributed by atoms with E-state index in [-0.39, 0.29) is 31.0 Å². The Labute approximate surface area is 138 Å². The lowest BCUT2D eigenvalue weighted by molar-refractivity contribution is -0.137. The third-order valence-corrected chi connectivity index (χ3v) is 2.97. The third-order valence-electron chi connectivity index (χ3n) is 2.97. The second-order valence-corrected chi connectivity index (χ2v) is 4.92. The standard InChI is InChI=1S/C16H18N4O4/c1-2-11(9-15(23)24)19-13(21)7-8-14(22)20-12-5-3-10(4-6-12)16(17)18/h1,3-6,11H,7-9H2,(H3,17,18)(H,19,21)(H,20,22)(H,23,24)/t11-/m0/s1. The lowest BCUT2D eigenvalue weighted by Gasteiger charge is -2.11. The average Bonchev–Trinajstić information content (AvgIpc) is 2.52. The van der Waals surface area contributed by atoms with Gasteiger partial charge in [0, 0.05) is 24.1 Å².